The number of halogens is 3. The number of alkyl halides is 2. The molecule has 0 saturated heterocycles. The Kier molecular flexibility index (Phi) is 4.89. The number of nitrogens with zero attached hydrogens (tertiary/aromatic N) is 3. The Morgan fingerprint density at radius 1 is 1.43 bits per heavy atom. The summed E-state index contributed by atoms with van der Waals surface area (Å²) in [4.78, 5) is 1.05. The Morgan fingerprint density at radius 3 is 2.36 bits per heavy atom. The third-order valence-corrected chi connectivity index (χ3v) is 1.58. The van der Waals surface area contributed by atoms with Gasteiger partial charge in [0.25, 0.3) is 5.92 Å². The molecule has 0 aromatic carbocycles. The SMILES string of the molecule is Cl.N[C@H](Cn1nccn1)C(F)(F)CO. The van der Waals surface area contributed by atoms with Crippen LogP contribution >= 0.6 is 12.4 Å². The fourth-order valence-electron chi connectivity index (χ4n) is 0.764. The number of aliphatic hydroxyl groups excluding tert-OH is 1. The maximum atomic E-state index is 12.7. The van der Waals surface area contributed by atoms with Crippen LogP contribution < -0.4 is 5.73 Å². The molecule has 0 bridgehead atoms. The number of aliphatic hydroxyl groups is 1. The van der Waals surface area contributed by atoms with Gasteiger partial charge in [-0.15, -0.1) is 12.4 Å². The second-order valence-electron chi connectivity index (χ2n) is 2.61. The standard InChI is InChI=1S/C6H10F2N4O.ClH/c7-6(8,4-13)5(9)3-12-10-1-2-11-12;/h1-2,5,13H,3-4,9H2;1H/t5-;/m1./s1. The molecule has 1 aromatic heterocycles. The minimum atomic E-state index is -3.30. The molecule has 0 aliphatic rings. The lowest BCUT2D eigenvalue weighted by Gasteiger charge is -2.20. The first-order valence-corrected chi connectivity index (χ1v) is 3.64. The van der Waals surface area contributed by atoms with Crippen LogP contribution in [0.15, 0.2) is 12.4 Å². The average molecular weight is 229 g/mol. The van der Waals surface area contributed by atoms with Gasteiger partial charge in [-0.25, -0.2) is 8.78 Å². The summed E-state index contributed by atoms with van der Waals surface area (Å²) in [6.45, 7) is -1.49. The van der Waals surface area contributed by atoms with E-state index in [9.17, 15) is 8.78 Å². The summed E-state index contributed by atoms with van der Waals surface area (Å²) < 4.78 is 25.4. The minimum Gasteiger partial charge on any atom is -0.390 e. The van der Waals surface area contributed by atoms with Crippen molar-refractivity contribution in [2.75, 3.05) is 6.61 Å². The third kappa shape index (κ3) is 3.17. The van der Waals surface area contributed by atoms with E-state index in [0.29, 0.717) is 0 Å². The molecule has 0 aliphatic heterocycles. The van der Waals surface area contributed by atoms with E-state index in [2.05, 4.69) is 10.2 Å². The molecule has 0 aliphatic carbocycles. The van der Waals surface area contributed by atoms with E-state index in [1.54, 1.807) is 0 Å². The van der Waals surface area contributed by atoms with Gasteiger partial charge in [0.05, 0.1) is 25.0 Å². The predicted molar refractivity (Wildman–Crippen MR) is 47.3 cm³/mol. The summed E-state index contributed by atoms with van der Waals surface area (Å²) in [5, 5.41) is 15.5. The van der Waals surface area contributed by atoms with Crippen LogP contribution in [0.5, 0.6) is 0 Å². The number of hydrogen-bond donors (Lipinski definition) is 2. The fraction of sp³-hybridized carbons (Fsp3) is 0.667. The van der Waals surface area contributed by atoms with Gasteiger partial charge < -0.3 is 10.8 Å². The van der Waals surface area contributed by atoms with Gasteiger partial charge in [0.2, 0.25) is 0 Å². The molecule has 5 nitrogen and oxygen atoms in total. The fourth-order valence-corrected chi connectivity index (χ4v) is 0.764. The summed E-state index contributed by atoms with van der Waals surface area (Å²) in [6, 6.07) is -1.48. The highest BCUT2D eigenvalue weighted by Crippen LogP contribution is 2.16. The van der Waals surface area contributed by atoms with Crippen LogP contribution in [-0.2, 0) is 6.54 Å². The Labute approximate surface area is 85.3 Å². The molecule has 0 spiro atoms. The van der Waals surface area contributed by atoms with Crippen LogP contribution in [0.2, 0.25) is 0 Å². The van der Waals surface area contributed by atoms with Gasteiger partial charge in [-0.05, 0) is 0 Å². The summed E-state index contributed by atoms with van der Waals surface area (Å²) >= 11 is 0. The van der Waals surface area contributed by atoms with E-state index in [0.717, 1.165) is 4.80 Å². The monoisotopic (exact) mass is 228 g/mol. The van der Waals surface area contributed by atoms with Crippen molar-refractivity contribution in [1.29, 1.82) is 0 Å². The Bertz CT molecular complexity index is 256. The molecular weight excluding hydrogens is 218 g/mol. The van der Waals surface area contributed by atoms with Gasteiger partial charge in [0.1, 0.15) is 6.61 Å². The maximum absolute atomic E-state index is 12.7. The van der Waals surface area contributed by atoms with Crippen molar-refractivity contribution in [2.24, 2.45) is 5.73 Å². The van der Waals surface area contributed by atoms with E-state index < -0.39 is 18.6 Å². The number of aromatic nitrogens is 3. The quantitative estimate of drug-likeness (QED) is 0.739. The molecule has 1 aromatic rings. The highest BCUT2D eigenvalue weighted by molar-refractivity contribution is 5.85. The van der Waals surface area contributed by atoms with Crippen molar-refractivity contribution in [2.45, 2.75) is 18.5 Å². The van der Waals surface area contributed by atoms with Gasteiger partial charge in [-0.1, -0.05) is 0 Å². The number of nitrogens with two attached hydrogens (primary N) is 1. The average Bonchev–Trinajstić information content (AvgIpc) is 2.57. The second kappa shape index (κ2) is 5.18. The Balaban J connectivity index is 0.00000169. The van der Waals surface area contributed by atoms with E-state index in [4.69, 9.17) is 10.8 Å². The van der Waals surface area contributed by atoms with Gasteiger partial charge in [0.15, 0.2) is 0 Å². The van der Waals surface area contributed by atoms with Crippen LogP contribution in [0.25, 0.3) is 0 Å². The largest absolute Gasteiger partial charge is 0.390 e. The van der Waals surface area contributed by atoms with Gasteiger partial charge in [0, 0.05) is 0 Å². The highest BCUT2D eigenvalue weighted by atomic mass is 35.5. The lowest BCUT2D eigenvalue weighted by molar-refractivity contribution is -0.0748. The van der Waals surface area contributed by atoms with Gasteiger partial charge >= 0.3 is 0 Å². The Morgan fingerprint density at radius 2 is 1.93 bits per heavy atom. The topological polar surface area (TPSA) is 77.0 Å². The maximum Gasteiger partial charge on any atom is 0.287 e. The first kappa shape index (κ1) is 13.2. The van der Waals surface area contributed by atoms with Gasteiger partial charge in [-0.2, -0.15) is 15.0 Å². The molecule has 82 valence electrons. The number of hydrogen-bond acceptors (Lipinski definition) is 4. The predicted octanol–water partition coefficient (Wildman–Crippen LogP) is -0.345. The summed E-state index contributed by atoms with van der Waals surface area (Å²) in [5.41, 5.74) is 5.14. The molecule has 0 unspecified atom stereocenters. The zero-order valence-electron chi connectivity index (χ0n) is 7.18. The highest BCUT2D eigenvalue weighted by Gasteiger charge is 2.36. The van der Waals surface area contributed by atoms with E-state index in [1.165, 1.54) is 12.4 Å². The van der Waals surface area contributed by atoms with Crippen molar-refractivity contribution >= 4 is 12.4 Å². The van der Waals surface area contributed by atoms with Crippen LogP contribution in [0, 0.1) is 0 Å². The van der Waals surface area contributed by atoms with Crippen LogP contribution in [0.4, 0.5) is 8.78 Å². The minimum absolute atomic E-state index is 0. The van der Waals surface area contributed by atoms with Crippen molar-refractivity contribution in [3.05, 3.63) is 12.4 Å². The molecule has 14 heavy (non-hydrogen) atoms. The molecular formula is C6H11ClF2N4O. The first-order valence-electron chi connectivity index (χ1n) is 3.64. The first-order chi connectivity index (χ1) is 6.06. The van der Waals surface area contributed by atoms with Crippen LogP contribution in [0.3, 0.4) is 0 Å². The molecule has 8 heteroatoms. The zero-order chi connectivity index (χ0) is 9.90. The summed E-state index contributed by atoms with van der Waals surface area (Å²) in [7, 11) is 0. The lowest BCUT2D eigenvalue weighted by atomic mass is 10.2. The molecule has 0 amide bonds. The van der Waals surface area contributed by atoms with Crippen molar-refractivity contribution < 1.29 is 13.9 Å². The second-order valence-corrected chi connectivity index (χ2v) is 2.61. The van der Waals surface area contributed by atoms with E-state index in [1.807, 2.05) is 0 Å². The molecule has 1 rings (SSSR count). The molecule has 1 heterocycles. The number of rotatable bonds is 4. The molecule has 0 saturated carbocycles. The normalized spacial score (nSPS) is 13.4. The third-order valence-electron chi connectivity index (χ3n) is 1.58. The summed E-state index contributed by atoms with van der Waals surface area (Å²) in [6.07, 6.45) is 2.73. The van der Waals surface area contributed by atoms with Crippen molar-refractivity contribution in [3.8, 4) is 0 Å². The van der Waals surface area contributed by atoms with Gasteiger partial charge in [-0.3, -0.25) is 0 Å². The van der Waals surface area contributed by atoms with Crippen LogP contribution in [0.1, 0.15) is 0 Å². The summed E-state index contributed by atoms with van der Waals surface area (Å²) in [5.74, 6) is -3.30. The van der Waals surface area contributed by atoms with Crippen LogP contribution in [-0.4, -0.2) is 38.7 Å². The van der Waals surface area contributed by atoms with E-state index in [-0.39, 0.29) is 19.0 Å². The zero-order valence-corrected chi connectivity index (χ0v) is 7.99. The molecule has 0 radical (unpaired) electrons. The van der Waals surface area contributed by atoms with Crippen molar-refractivity contribution in [1.82, 2.24) is 15.0 Å². The molecule has 3 N–H and O–H groups in total. The lowest BCUT2D eigenvalue weighted by Crippen LogP contribution is -2.46. The smallest absolute Gasteiger partial charge is 0.287 e. The molecule has 0 fully saturated rings. The van der Waals surface area contributed by atoms with Crippen molar-refractivity contribution in [3.63, 3.8) is 0 Å². The Hall–Kier alpha value is -0.790. The molecule has 1 atom stereocenters. The van der Waals surface area contributed by atoms with E-state index >= 15 is 0 Å².